The standard InChI is InChI=1S/C29H31NO6/c1-4-35-29(32)21-10-12-23(13-11-21)36-19-25-24-18-27(34-3)26(33-2)17-22(24)14-15-30(25)28(31)16-20-8-6-5-7-9-20/h5-13,17-18,25H,4,14-16,19H2,1-3H3/t25-/m1/s1. The Morgan fingerprint density at radius 3 is 2.31 bits per heavy atom. The summed E-state index contributed by atoms with van der Waals surface area (Å²) in [6, 6.07) is 20.2. The molecule has 1 amide bonds. The zero-order valence-electron chi connectivity index (χ0n) is 20.9. The molecule has 1 aliphatic rings. The van der Waals surface area contributed by atoms with Crippen molar-refractivity contribution in [1.82, 2.24) is 4.90 Å². The number of ether oxygens (including phenoxy) is 4. The minimum atomic E-state index is -0.371. The summed E-state index contributed by atoms with van der Waals surface area (Å²) in [6.07, 6.45) is 1.02. The van der Waals surface area contributed by atoms with Crippen LogP contribution in [0, 0.1) is 0 Å². The van der Waals surface area contributed by atoms with Gasteiger partial charge in [0.2, 0.25) is 5.91 Å². The molecule has 0 N–H and O–H groups in total. The summed E-state index contributed by atoms with van der Waals surface area (Å²) in [5, 5.41) is 0. The van der Waals surface area contributed by atoms with Crippen LogP contribution >= 0.6 is 0 Å². The summed E-state index contributed by atoms with van der Waals surface area (Å²) in [7, 11) is 3.21. The number of carbonyl (C=O) groups is 2. The first kappa shape index (κ1) is 25.1. The molecule has 1 heterocycles. The lowest BCUT2D eigenvalue weighted by molar-refractivity contribution is -0.134. The van der Waals surface area contributed by atoms with Crippen molar-refractivity contribution < 1.29 is 28.5 Å². The van der Waals surface area contributed by atoms with Crippen molar-refractivity contribution in [2.75, 3.05) is 34.0 Å². The lowest BCUT2D eigenvalue weighted by Crippen LogP contribution is -2.43. The number of nitrogens with zero attached hydrogens (tertiary/aromatic N) is 1. The molecule has 1 aliphatic heterocycles. The Labute approximate surface area is 211 Å². The fourth-order valence-corrected chi connectivity index (χ4v) is 4.46. The van der Waals surface area contributed by atoms with Crippen LogP contribution in [0.3, 0.4) is 0 Å². The molecule has 0 bridgehead atoms. The summed E-state index contributed by atoms with van der Waals surface area (Å²) < 4.78 is 22.2. The van der Waals surface area contributed by atoms with Crippen LogP contribution in [-0.2, 0) is 22.4 Å². The molecule has 1 atom stereocenters. The van der Waals surface area contributed by atoms with Gasteiger partial charge in [0.05, 0.1) is 38.9 Å². The molecule has 0 aromatic heterocycles. The van der Waals surface area contributed by atoms with E-state index in [0.29, 0.717) is 48.8 Å². The molecule has 0 fully saturated rings. The summed E-state index contributed by atoms with van der Waals surface area (Å²) in [4.78, 5) is 27.3. The average Bonchev–Trinajstić information content (AvgIpc) is 2.91. The van der Waals surface area contributed by atoms with Crippen molar-refractivity contribution in [1.29, 1.82) is 0 Å². The molecule has 36 heavy (non-hydrogen) atoms. The molecular weight excluding hydrogens is 458 g/mol. The van der Waals surface area contributed by atoms with Gasteiger partial charge in [-0.1, -0.05) is 30.3 Å². The number of methoxy groups -OCH3 is 2. The van der Waals surface area contributed by atoms with E-state index in [1.54, 1.807) is 45.4 Å². The number of benzene rings is 3. The second-order valence-electron chi connectivity index (χ2n) is 8.48. The van der Waals surface area contributed by atoms with Crippen LogP contribution in [0.5, 0.6) is 17.2 Å². The van der Waals surface area contributed by atoms with Gasteiger partial charge in [-0.25, -0.2) is 4.79 Å². The highest BCUT2D eigenvalue weighted by Crippen LogP contribution is 2.38. The van der Waals surface area contributed by atoms with Gasteiger partial charge in [-0.15, -0.1) is 0 Å². The molecule has 0 unspecified atom stereocenters. The normalized spacial score (nSPS) is 14.5. The molecule has 7 nitrogen and oxygen atoms in total. The molecule has 0 radical (unpaired) electrons. The zero-order chi connectivity index (χ0) is 25.5. The van der Waals surface area contributed by atoms with Crippen molar-refractivity contribution in [2.45, 2.75) is 25.8 Å². The monoisotopic (exact) mass is 489 g/mol. The van der Waals surface area contributed by atoms with E-state index in [9.17, 15) is 9.59 Å². The average molecular weight is 490 g/mol. The first-order chi connectivity index (χ1) is 17.5. The van der Waals surface area contributed by atoms with Gasteiger partial charge >= 0.3 is 5.97 Å². The molecule has 3 aromatic carbocycles. The molecule has 0 aliphatic carbocycles. The Morgan fingerprint density at radius 1 is 0.944 bits per heavy atom. The van der Waals surface area contributed by atoms with E-state index < -0.39 is 0 Å². The lowest BCUT2D eigenvalue weighted by atomic mass is 9.91. The number of carbonyl (C=O) groups excluding carboxylic acids is 2. The third-order valence-electron chi connectivity index (χ3n) is 6.29. The second kappa shape index (κ2) is 11.6. The Kier molecular flexibility index (Phi) is 8.10. The van der Waals surface area contributed by atoms with Gasteiger partial charge in [-0.2, -0.15) is 0 Å². The fraction of sp³-hybridized carbons (Fsp3) is 0.310. The first-order valence-electron chi connectivity index (χ1n) is 12.0. The largest absolute Gasteiger partial charge is 0.493 e. The Morgan fingerprint density at radius 2 is 1.64 bits per heavy atom. The molecule has 0 spiro atoms. The van der Waals surface area contributed by atoms with Gasteiger partial charge in [0.25, 0.3) is 0 Å². The molecule has 7 heteroatoms. The molecule has 188 valence electrons. The molecule has 3 aromatic rings. The van der Waals surface area contributed by atoms with E-state index >= 15 is 0 Å². The van der Waals surface area contributed by atoms with E-state index in [0.717, 1.165) is 16.7 Å². The van der Waals surface area contributed by atoms with Crippen LogP contribution in [0.15, 0.2) is 66.7 Å². The van der Waals surface area contributed by atoms with Crippen LogP contribution < -0.4 is 14.2 Å². The lowest BCUT2D eigenvalue weighted by Gasteiger charge is -2.37. The van der Waals surface area contributed by atoms with Crippen LogP contribution in [0.4, 0.5) is 0 Å². The molecule has 0 saturated heterocycles. The predicted molar refractivity (Wildman–Crippen MR) is 136 cm³/mol. The van der Waals surface area contributed by atoms with Crippen LogP contribution in [0.25, 0.3) is 0 Å². The smallest absolute Gasteiger partial charge is 0.338 e. The third-order valence-corrected chi connectivity index (χ3v) is 6.29. The number of amides is 1. The first-order valence-corrected chi connectivity index (χ1v) is 12.0. The Hall–Kier alpha value is -4.00. The topological polar surface area (TPSA) is 74.3 Å². The van der Waals surface area contributed by atoms with Gasteiger partial charge in [-0.3, -0.25) is 4.79 Å². The third kappa shape index (κ3) is 5.62. The van der Waals surface area contributed by atoms with E-state index in [4.69, 9.17) is 18.9 Å². The molecule has 4 rings (SSSR count). The highest BCUT2D eigenvalue weighted by Gasteiger charge is 2.32. The predicted octanol–water partition coefficient (Wildman–Crippen LogP) is 4.63. The number of hydrogen-bond donors (Lipinski definition) is 0. The highest BCUT2D eigenvalue weighted by atomic mass is 16.5. The van der Waals surface area contributed by atoms with E-state index in [1.807, 2.05) is 47.4 Å². The zero-order valence-corrected chi connectivity index (χ0v) is 20.9. The maximum Gasteiger partial charge on any atom is 0.338 e. The van der Waals surface area contributed by atoms with E-state index in [1.165, 1.54) is 0 Å². The van der Waals surface area contributed by atoms with Crippen molar-refractivity contribution in [2.24, 2.45) is 0 Å². The Bertz CT molecular complexity index is 1190. The maximum atomic E-state index is 13.4. The minimum Gasteiger partial charge on any atom is -0.493 e. The number of fused-ring (bicyclic) bond motifs is 1. The Balaban J connectivity index is 1.59. The van der Waals surface area contributed by atoms with Crippen molar-refractivity contribution in [3.05, 3.63) is 89.0 Å². The van der Waals surface area contributed by atoms with Crippen molar-refractivity contribution in [3.63, 3.8) is 0 Å². The van der Waals surface area contributed by atoms with Gasteiger partial charge in [0, 0.05) is 6.54 Å². The van der Waals surface area contributed by atoms with E-state index in [2.05, 4.69) is 0 Å². The van der Waals surface area contributed by atoms with E-state index in [-0.39, 0.29) is 24.5 Å². The van der Waals surface area contributed by atoms with Crippen LogP contribution in [-0.4, -0.2) is 50.8 Å². The second-order valence-corrected chi connectivity index (χ2v) is 8.48. The number of esters is 1. The number of rotatable bonds is 9. The molecule has 0 saturated carbocycles. The van der Waals surface area contributed by atoms with Gasteiger partial charge < -0.3 is 23.8 Å². The fourth-order valence-electron chi connectivity index (χ4n) is 4.46. The van der Waals surface area contributed by atoms with Crippen molar-refractivity contribution in [3.8, 4) is 17.2 Å². The minimum absolute atomic E-state index is 0.0351. The van der Waals surface area contributed by atoms with Crippen LogP contribution in [0.1, 0.15) is 40.0 Å². The van der Waals surface area contributed by atoms with Crippen molar-refractivity contribution >= 4 is 11.9 Å². The van der Waals surface area contributed by atoms with Gasteiger partial charge in [0.1, 0.15) is 12.4 Å². The summed E-state index contributed by atoms with van der Waals surface area (Å²) in [5.74, 6) is 1.54. The molecular formula is C29H31NO6. The SMILES string of the molecule is CCOC(=O)c1ccc(OC[C@@H]2c3cc(OC)c(OC)cc3CCN2C(=O)Cc2ccccc2)cc1. The summed E-state index contributed by atoms with van der Waals surface area (Å²) in [6.45, 7) is 2.91. The highest BCUT2D eigenvalue weighted by molar-refractivity contribution is 5.89. The van der Waals surface area contributed by atoms with Crippen LogP contribution in [0.2, 0.25) is 0 Å². The summed E-state index contributed by atoms with van der Waals surface area (Å²) in [5.41, 5.74) is 3.50. The quantitative estimate of drug-likeness (QED) is 0.408. The summed E-state index contributed by atoms with van der Waals surface area (Å²) >= 11 is 0. The van der Waals surface area contributed by atoms with Gasteiger partial charge in [0.15, 0.2) is 11.5 Å². The van der Waals surface area contributed by atoms with Gasteiger partial charge in [-0.05, 0) is 66.4 Å². The maximum absolute atomic E-state index is 13.4. The number of hydrogen-bond acceptors (Lipinski definition) is 6.